The van der Waals surface area contributed by atoms with E-state index < -0.39 is 0 Å². The van der Waals surface area contributed by atoms with Crippen LogP contribution in [0.5, 0.6) is 0 Å². The number of thioether (sulfide) groups is 1. The second kappa shape index (κ2) is 5.75. The molecule has 0 saturated carbocycles. The van der Waals surface area contributed by atoms with Crippen LogP contribution in [0.4, 0.5) is 0 Å². The van der Waals surface area contributed by atoms with Crippen LogP contribution in [0.25, 0.3) is 0 Å². The van der Waals surface area contributed by atoms with Gasteiger partial charge in [-0.3, -0.25) is 5.41 Å². The fourth-order valence-electron chi connectivity index (χ4n) is 1.02. The summed E-state index contributed by atoms with van der Waals surface area (Å²) in [7, 11) is 0. The van der Waals surface area contributed by atoms with Crippen LogP contribution in [-0.4, -0.2) is 16.6 Å². The fraction of sp³-hybridized carbons (Fsp3) is 0.455. The number of nitrogens with zero attached hydrogens (tertiary/aromatic N) is 1. The molecule has 15 heavy (non-hydrogen) atoms. The third kappa shape index (κ3) is 4.34. The molecule has 82 valence electrons. The van der Waals surface area contributed by atoms with Gasteiger partial charge in [-0.05, 0) is 30.2 Å². The van der Waals surface area contributed by atoms with Gasteiger partial charge < -0.3 is 5.73 Å². The molecule has 0 spiro atoms. The van der Waals surface area contributed by atoms with E-state index in [4.69, 9.17) is 11.1 Å². The molecule has 0 fully saturated rings. The smallest absolute Gasteiger partial charge is 0.124 e. The maximum atomic E-state index is 7.23. The summed E-state index contributed by atoms with van der Waals surface area (Å²) in [6.07, 6.45) is 2.85. The van der Waals surface area contributed by atoms with Gasteiger partial charge in [0.15, 0.2) is 0 Å². The van der Waals surface area contributed by atoms with E-state index >= 15 is 0 Å². The molecule has 4 heteroatoms. The van der Waals surface area contributed by atoms with Gasteiger partial charge in [0.2, 0.25) is 0 Å². The summed E-state index contributed by atoms with van der Waals surface area (Å²) in [6, 6.07) is 3.76. The summed E-state index contributed by atoms with van der Waals surface area (Å²) in [5.41, 5.74) is 6.02. The van der Waals surface area contributed by atoms with Crippen molar-refractivity contribution in [3.05, 3.63) is 23.9 Å². The van der Waals surface area contributed by atoms with Gasteiger partial charge in [-0.2, -0.15) is 0 Å². The van der Waals surface area contributed by atoms with Crippen LogP contribution in [0, 0.1) is 11.3 Å². The molecule has 3 N–H and O–H groups in total. The highest BCUT2D eigenvalue weighted by atomic mass is 32.2. The van der Waals surface area contributed by atoms with E-state index in [2.05, 4.69) is 18.8 Å². The summed E-state index contributed by atoms with van der Waals surface area (Å²) in [6.45, 7) is 4.43. The minimum absolute atomic E-state index is 0.0706. The number of nitrogens with two attached hydrogens (primary N) is 1. The standard InChI is InChI=1S/C11H17N3S/c1-8(2)5-6-15-10-4-3-9(7-14-10)11(12)13/h3-4,7-8H,5-6H2,1-2H3,(H3,12,13). The Morgan fingerprint density at radius 2 is 2.27 bits per heavy atom. The van der Waals surface area contributed by atoms with Crippen molar-refractivity contribution in [1.82, 2.24) is 4.98 Å². The van der Waals surface area contributed by atoms with Gasteiger partial charge in [0.1, 0.15) is 5.84 Å². The Morgan fingerprint density at radius 3 is 2.73 bits per heavy atom. The molecule has 0 aromatic carbocycles. The van der Waals surface area contributed by atoms with E-state index in [1.165, 1.54) is 6.42 Å². The monoisotopic (exact) mass is 223 g/mol. The average molecular weight is 223 g/mol. The van der Waals surface area contributed by atoms with Crippen molar-refractivity contribution in [2.45, 2.75) is 25.3 Å². The van der Waals surface area contributed by atoms with Crippen molar-refractivity contribution < 1.29 is 0 Å². The molecule has 3 nitrogen and oxygen atoms in total. The Kier molecular flexibility index (Phi) is 4.62. The lowest BCUT2D eigenvalue weighted by Crippen LogP contribution is -2.11. The van der Waals surface area contributed by atoms with Crippen LogP contribution in [-0.2, 0) is 0 Å². The van der Waals surface area contributed by atoms with E-state index in [0.29, 0.717) is 5.56 Å². The number of aromatic nitrogens is 1. The van der Waals surface area contributed by atoms with E-state index in [1.54, 1.807) is 18.0 Å². The van der Waals surface area contributed by atoms with Crippen molar-refractivity contribution in [3.8, 4) is 0 Å². The molecule has 0 aliphatic heterocycles. The van der Waals surface area contributed by atoms with Crippen LogP contribution in [0.3, 0.4) is 0 Å². The van der Waals surface area contributed by atoms with Gasteiger partial charge in [0.25, 0.3) is 0 Å². The van der Waals surface area contributed by atoms with Gasteiger partial charge >= 0.3 is 0 Å². The van der Waals surface area contributed by atoms with E-state index in [0.717, 1.165) is 16.7 Å². The maximum absolute atomic E-state index is 7.23. The Balaban J connectivity index is 2.46. The predicted molar refractivity (Wildman–Crippen MR) is 65.4 cm³/mol. The topological polar surface area (TPSA) is 62.8 Å². The predicted octanol–water partition coefficient (Wildman–Crippen LogP) is 2.50. The highest BCUT2D eigenvalue weighted by Crippen LogP contribution is 2.18. The molecule has 0 atom stereocenters. The molecule has 0 aliphatic carbocycles. The molecule has 1 aromatic rings. The minimum atomic E-state index is 0.0706. The van der Waals surface area contributed by atoms with Crippen molar-refractivity contribution in [3.63, 3.8) is 0 Å². The second-order valence-electron chi connectivity index (χ2n) is 3.83. The second-order valence-corrected chi connectivity index (χ2v) is 4.94. The number of hydrogen-bond donors (Lipinski definition) is 2. The van der Waals surface area contributed by atoms with Gasteiger partial charge in [0.05, 0.1) is 5.03 Å². The van der Waals surface area contributed by atoms with Crippen LogP contribution >= 0.6 is 11.8 Å². The first-order valence-electron chi connectivity index (χ1n) is 5.03. The third-order valence-electron chi connectivity index (χ3n) is 1.99. The Hall–Kier alpha value is -1.03. The lowest BCUT2D eigenvalue weighted by atomic mass is 10.2. The number of pyridine rings is 1. The summed E-state index contributed by atoms with van der Waals surface area (Å²) in [5.74, 6) is 1.89. The van der Waals surface area contributed by atoms with Crippen molar-refractivity contribution in [2.75, 3.05) is 5.75 Å². The van der Waals surface area contributed by atoms with Crippen molar-refractivity contribution >= 4 is 17.6 Å². The maximum Gasteiger partial charge on any atom is 0.124 e. The molecule has 0 aliphatic rings. The molecule has 0 radical (unpaired) electrons. The highest BCUT2D eigenvalue weighted by Gasteiger charge is 2.00. The summed E-state index contributed by atoms with van der Waals surface area (Å²) >= 11 is 1.75. The lowest BCUT2D eigenvalue weighted by molar-refractivity contribution is 0.632. The molecule has 0 bridgehead atoms. The Labute approximate surface area is 95.0 Å². The molecule has 1 rings (SSSR count). The van der Waals surface area contributed by atoms with Gasteiger partial charge in [-0.25, -0.2) is 4.98 Å². The van der Waals surface area contributed by atoms with E-state index in [1.807, 2.05) is 12.1 Å². The molecule has 1 aromatic heterocycles. The zero-order valence-electron chi connectivity index (χ0n) is 9.16. The Morgan fingerprint density at radius 1 is 1.53 bits per heavy atom. The van der Waals surface area contributed by atoms with Crippen LogP contribution < -0.4 is 5.73 Å². The van der Waals surface area contributed by atoms with Gasteiger partial charge in [-0.1, -0.05) is 13.8 Å². The van der Waals surface area contributed by atoms with Crippen molar-refractivity contribution in [1.29, 1.82) is 5.41 Å². The van der Waals surface area contributed by atoms with Gasteiger partial charge in [0, 0.05) is 11.8 Å². The first-order valence-corrected chi connectivity index (χ1v) is 6.01. The Bertz CT molecular complexity index is 319. The number of nitrogen functional groups attached to an aromatic ring is 1. The molecular weight excluding hydrogens is 206 g/mol. The van der Waals surface area contributed by atoms with E-state index in [9.17, 15) is 0 Å². The summed E-state index contributed by atoms with van der Waals surface area (Å²) < 4.78 is 0. The molecule has 0 unspecified atom stereocenters. The summed E-state index contributed by atoms with van der Waals surface area (Å²) in [5, 5.41) is 8.23. The number of amidine groups is 1. The van der Waals surface area contributed by atoms with Crippen LogP contribution in [0.15, 0.2) is 23.4 Å². The SMILES string of the molecule is CC(C)CCSc1ccc(C(=N)N)cn1. The molecule has 0 amide bonds. The lowest BCUT2D eigenvalue weighted by Gasteiger charge is -2.04. The zero-order valence-corrected chi connectivity index (χ0v) is 9.97. The van der Waals surface area contributed by atoms with Gasteiger partial charge in [-0.15, -0.1) is 11.8 Å². The molecular formula is C11H17N3S. The van der Waals surface area contributed by atoms with E-state index in [-0.39, 0.29) is 5.84 Å². The highest BCUT2D eigenvalue weighted by molar-refractivity contribution is 7.99. The van der Waals surface area contributed by atoms with Crippen LogP contribution in [0.1, 0.15) is 25.8 Å². The number of rotatable bonds is 5. The number of hydrogen-bond acceptors (Lipinski definition) is 3. The van der Waals surface area contributed by atoms with Crippen LogP contribution in [0.2, 0.25) is 0 Å². The summed E-state index contributed by atoms with van der Waals surface area (Å²) in [4.78, 5) is 4.24. The fourth-order valence-corrected chi connectivity index (χ4v) is 2.11. The first-order chi connectivity index (χ1) is 7.09. The largest absolute Gasteiger partial charge is 0.384 e. The first kappa shape index (κ1) is 12.0. The third-order valence-corrected chi connectivity index (χ3v) is 2.97. The molecule has 1 heterocycles. The number of nitrogens with one attached hydrogen (secondary N) is 1. The van der Waals surface area contributed by atoms with Crippen molar-refractivity contribution in [2.24, 2.45) is 11.7 Å². The average Bonchev–Trinajstić information content (AvgIpc) is 2.18. The quantitative estimate of drug-likeness (QED) is 0.458. The minimum Gasteiger partial charge on any atom is -0.384 e. The normalized spacial score (nSPS) is 10.6. The molecule has 0 saturated heterocycles. The zero-order chi connectivity index (χ0) is 11.3.